The lowest BCUT2D eigenvalue weighted by molar-refractivity contribution is -0.119. The zero-order chi connectivity index (χ0) is 19.8. The number of benzene rings is 2. The van der Waals surface area contributed by atoms with Crippen molar-refractivity contribution in [3.63, 3.8) is 0 Å². The Morgan fingerprint density at radius 3 is 2.15 bits per heavy atom. The second-order valence-electron chi connectivity index (χ2n) is 6.71. The fourth-order valence-electron chi connectivity index (χ4n) is 2.64. The van der Waals surface area contributed by atoms with Crippen molar-refractivity contribution in [1.29, 1.82) is 0 Å². The van der Waals surface area contributed by atoms with E-state index in [0.29, 0.717) is 11.6 Å². The number of carbonyl (C=O) groups excluding carboxylic acids is 2. The Labute approximate surface area is 159 Å². The summed E-state index contributed by atoms with van der Waals surface area (Å²) in [6, 6.07) is 13.5. The molecule has 27 heavy (non-hydrogen) atoms. The molecule has 6 heteroatoms. The Bertz CT molecular complexity index is 777. The van der Waals surface area contributed by atoms with Crippen molar-refractivity contribution in [2.75, 3.05) is 30.8 Å². The lowest BCUT2D eigenvalue weighted by Crippen LogP contribution is -2.36. The van der Waals surface area contributed by atoms with Crippen molar-refractivity contribution in [3.8, 4) is 0 Å². The zero-order valence-electron chi connectivity index (χ0n) is 16.0. The van der Waals surface area contributed by atoms with Crippen LogP contribution in [-0.2, 0) is 9.59 Å². The van der Waals surface area contributed by atoms with Crippen LogP contribution in [0.3, 0.4) is 0 Å². The van der Waals surface area contributed by atoms with Gasteiger partial charge in [-0.05, 0) is 55.3 Å². The monoisotopic (exact) mass is 371 g/mol. The standard InChI is InChI=1S/C21H26FN3O2/c1-4-15(2)16-8-10-18(11-9-16)23-20(26)13-25(3)14-21(27)24-19-7-5-6-17(22)12-19/h5-12,15H,4,13-14H2,1-3H3,(H,23,26)(H,24,27)/t15-/m0/s1. The first kappa shape index (κ1) is 20.6. The van der Waals surface area contributed by atoms with Crippen LogP contribution in [0, 0.1) is 5.82 Å². The van der Waals surface area contributed by atoms with Crippen LogP contribution in [0.15, 0.2) is 48.5 Å². The van der Waals surface area contributed by atoms with Crippen LogP contribution in [0.5, 0.6) is 0 Å². The molecule has 0 radical (unpaired) electrons. The van der Waals surface area contributed by atoms with Gasteiger partial charge in [0.1, 0.15) is 5.82 Å². The van der Waals surface area contributed by atoms with Crippen LogP contribution >= 0.6 is 0 Å². The Morgan fingerprint density at radius 2 is 1.59 bits per heavy atom. The molecule has 0 aromatic heterocycles. The fraction of sp³-hybridized carbons (Fsp3) is 0.333. The minimum absolute atomic E-state index is 0.0247. The van der Waals surface area contributed by atoms with Gasteiger partial charge in [0.2, 0.25) is 11.8 Å². The Hall–Kier alpha value is -2.73. The van der Waals surface area contributed by atoms with Crippen molar-refractivity contribution in [2.45, 2.75) is 26.2 Å². The number of nitrogens with zero attached hydrogens (tertiary/aromatic N) is 1. The predicted molar refractivity (Wildman–Crippen MR) is 106 cm³/mol. The van der Waals surface area contributed by atoms with E-state index in [-0.39, 0.29) is 24.9 Å². The molecule has 0 aliphatic heterocycles. The third kappa shape index (κ3) is 6.83. The summed E-state index contributed by atoms with van der Waals surface area (Å²) in [7, 11) is 1.68. The third-order valence-corrected chi connectivity index (χ3v) is 4.31. The maximum absolute atomic E-state index is 13.1. The maximum atomic E-state index is 13.1. The SMILES string of the molecule is CC[C@H](C)c1ccc(NC(=O)CN(C)CC(=O)Nc2cccc(F)c2)cc1. The normalized spacial score (nSPS) is 11.9. The number of carbonyl (C=O) groups is 2. The van der Waals surface area contributed by atoms with E-state index in [1.54, 1.807) is 18.0 Å². The number of hydrogen-bond donors (Lipinski definition) is 2. The molecular weight excluding hydrogens is 345 g/mol. The van der Waals surface area contributed by atoms with Crippen molar-refractivity contribution < 1.29 is 14.0 Å². The molecule has 0 fully saturated rings. The molecule has 144 valence electrons. The summed E-state index contributed by atoms with van der Waals surface area (Å²) in [5.41, 5.74) is 2.35. The van der Waals surface area contributed by atoms with Crippen LogP contribution in [-0.4, -0.2) is 36.9 Å². The molecule has 2 aromatic rings. The minimum atomic E-state index is -0.417. The molecule has 0 aliphatic rings. The summed E-state index contributed by atoms with van der Waals surface area (Å²) in [6.45, 7) is 4.40. The van der Waals surface area contributed by atoms with Gasteiger partial charge in [0, 0.05) is 11.4 Å². The van der Waals surface area contributed by atoms with Gasteiger partial charge in [-0.25, -0.2) is 4.39 Å². The average Bonchev–Trinajstić information content (AvgIpc) is 2.61. The van der Waals surface area contributed by atoms with E-state index in [9.17, 15) is 14.0 Å². The van der Waals surface area contributed by atoms with Crippen LogP contribution in [0.2, 0.25) is 0 Å². The van der Waals surface area contributed by atoms with Gasteiger partial charge in [-0.15, -0.1) is 0 Å². The van der Waals surface area contributed by atoms with Crippen LogP contribution in [0.25, 0.3) is 0 Å². The molecule has 0 spiro atoms. The number of rotatable bonds is 8. The van der Waals surface area contributed by atoms with E-state index in [1.165, 1.54) is 23.8 Å². The smallest absolute Gasteiger partial charge is 0.238 e. The largest absolute Gasteiger partial charge is 0.325 e. The summed E-state index contributed by atoms with van der Waals surface area (Å²) in [5.74, 6) is -0.446. The molecular formula is C21H26FN3O2. The lowest BCUT2D eigenvalue weighted by atomic mass is 9.99. The summed E-state index contributed by atoms with van der Waals surface area (Å²) in [5, 5.41) is 5.43. The second-order valence-corrected chi connectivity index (χ2v) is 6.71. The first-order valence-corrected chi connectivity index (χ1v) is 9.01. The first-order valence-electron chi connectivity index (χ1n) is 9.01. The second kappa shape index (κ2) is 9.83. The van der Waals surface area contributed by atoms with E-state index < -0.39 is 5.82 Å². The number of halogens is 1. The molecule has 0 aliphatic carbocycles. The van der Waals surface area contributed by atoms with Crippen molar-refractivity contribution >= 4 is 23.2 Å². The highest BCUT2D eigenvalue weighted by molar-refractivity contribution is 5.94. The Balaban J connectivity index is 1.80. The van der Waals surface area contributed by atoms with E-state index >= 15 is 0 Å². The zero-order valence-corrected chi connectivity index (χ0v) is 16.0. The summed E-state index contributed by atoms with van der Waals surface area (Å²) in [6.07, 6.45) is 1.06. The van der Waals surface area contributed by atoms with Gasteiger partial charge in [-0.1, -0.05) is 32.0 Å². The highest BCUT2D eigenvalue weighted by atomic mass is 19.1. The van der Waals surface area contributed by atoms with Crippen LogP contribution < -0.4 is 10.6 Å². The van der Waals surface area contributed by atoms with Crippen LogP contribution in [0.4, 0.5) is 15.8 Å². The topological polar surface area (TPSA) is 61.4 Å². The Morgan fingerprint density at radius 1 is 1.00 bits per heavy atom. The van der Waals surface area contributed by atoms with E-state index in [2.05, 4.69) is 24.5 Å². The van der Waals surface area contributed by atoms with Crippen LogP contribution in [0.1, 0.15) is 31.7 Å². The molecule has 0 unspecified atom stereocenters. The first-order chi connectivity index (χ1) is 12.9. The molecule has 2 rings (SSSR count). The number of anilines is 2. The fourth-order valence-corrected chi connectivity index (χ4v) is 2.64. The molecule has 0 saturated heterocycles. The average molecular weight is 371 g/mol. The molecule has 0 bridgehead atoms. The molecule has 0 heterocycles. The van der Waals surface area contributed by atoms with Gasteiger partial charge in [-0.3, -0.25) is 14.5 Å². The Kier molecular flexibility index (Phi) is 7.49. The van der Waals surface area contributed by atoms with Gasteiger partial charge in [0.25, 0.3) is 0 Å². The summed E-state index contributed by atoms with van der Waals surface area (Å²) < 4.78 is 13.1. The van der Waals surface area contributed by atoms with Crippen molar-refractivity contribution in [3.05, 3.63) is 59.9 Å². The molecule has 2 amide bonds. The van der Waals surface area contributed by atoms with Gasteiger partial charge in [0.05, 0.1) is 13.1 Å². The summed E-state index contributed by atoms with van der Waals surface area (Å²) in [4.78, 5) is 25.7. The van der Waals surface area contributed by atoms with Gasteiger partial charge in [0.15, 0.2) is 0 Å². The number of likely N-dealkylation sites (N-methyl/N-ethyl adjacent to an activating group) is 1. The van der Waals surface area contributed by atoms with Gasteiger partial charge >= 0.3 is 0 Å². The molecule has 2 N–H and O–H groups in total. The third-order valence-electron chi connectivity index (χ3n) is 4.31. The molecule has 1 atom stereocenters. The van der Waals surface area contributed by atoms with E-state index in [1.807, 2.05) is 24.3 Å². The minimum Gasteiger partial charge on any atom is -0.325 e. The van der Waals surface area contributed by atoms with Crippen molar-refractivity contribution in [1.82, 2.24) is 4.90 Å². The van der Waals surface area contributed by atoms with Gasteiger partial charge < -0.3 is 10.6 Å². The van der Waals surface area contributed by atoms with Crippen molar-refractivity contribution in [2.24, 2.45) is 0 Å². The molecule has 5 nitrogen and oxygen atoms in total. The molecule has 2 aromatic carbocycles. The van der Waals surface area contributed by atoms with E-state index in [0.717, 1.165) is 12.1 Å². The molecule has 0 saturated carbocycles. The number of nitrogens with one attached hydrogen (secondary N) is 2. The maximum Gasteiger partial charge on any atom is 0.238 e. The predicted octanol–water partition coefficient (Wildman–Crippen LogP) is 3.85. The highest BCUT2D eigenvalue weighted by Gasteiger charge is 2.12. The quantitative estimate of drug-likeness (QED) is 0.741. The number of hydrogen-bond acceptors (Lipinski definition) is 3. The van der Waals surface area contributed by atoms with E-state index in [4.69, 9.17) is 0 Å². The number of amides is 2. The van der Waals surface area contributed by atoms with Gasteiger partial charge in [-0.2, -0.15) is 0 Å². The lowest BCUT2D eigenvalue weighted by Gasteiger charge is -2.16. The summed E-state index contributed by atoms with van der Waals surface area (Å²) >= 11 is 0. The highest BCUT2D eigenvalue weighted by Crippen LogP contribution is 2.20.